The molecule has 6 atom stereocenters. The summed E-state index contributed by atoms with van der Waals surface area (Å²) in [5.74, 6) is 1.24. The van der Waals surface area contributed by atoms with Crippen LogP contribution in [0.25, 0.3) is 5.57 Å². The summed E-state index contributed by atoms with van der Waals surface area (Å²) in [7, 11) is -4.46. The summed E-state index contributed by atoms with van der Waals surface area (Å²) in [6.45, 7) is 4.51. The Bertz CT molecular complexity index is 1220. The van der Waals surface area contributed by atoms with Gasteiger partial charge in [-0.1, -0.05) is 37.6 Å². The van der Waals surface area contributed by atoms with Gasteiger partial charge in [0.05, 0.1) is 11.6 Å². The maximum Gasteiger partial charge on any atom is 0.397 e. The molecule has 0 bridgehead atoms. The van der Waals surface area contributed by atoms with Crippen LogP contribution in [0, 0.1) is 28.6 Å². The first-order valence-electron chi connectivity index (χ1n) is 12.9. The molecule has 0 aromatic carbocycles. The fourth-order valence-electron chi connectivity index (χ4n) is 7.19. The van der Waals surface area contributed by atoms with Gasteiger partial charge >= 0.3 is 10.4 Å². The number of fused-ring (bicyclic) bond motifs is 5. The summed E-state index contributed by atoms with van der Waals surface area (Å²) in [5, 5.41) is 0. The van der Waals surface area contributed by atoms with E-state index in [0.29, 0.717) is 36.2 Å². The van der Waals surface area contributed by atoms with Gasteiger partial charge in [0.1, 0.15) is 0 Å². The quantitative estimate of drug-likeness (QED) is 0.522. The molecule has 4 aliphatic rings. The fraction of sp³-hybridized carbons (Fsp3) is 0.625. The van der Waals surface area contributed by atoms with Crippen molar-refractivity contribution in [3.05, 3.63) is 47.7 Å². The third-order valence-corrected chi connectivity index (χ3v) is 9.15. The molecule has 0 radical (unpaired) electrons. The molecule has 0 aliphatic heterocycles. The number of pyridine rings is 1. The summed E-state index contributed by atoms with van der Waals surface area (Å²) < 4.78 is 69.1. The van der Waals surface area contributed by atoms with Crippen LogP contribution in [0.5, 0.6) is 0 Å². The Morgan fingerprint density at radius 3 is 2.77 bits per heavy atom. The van der Waals surface area contributed by atoms with Gasteiger partial charge in [-0.25, -0.2) is 4.18 Å². The van der Waals surface area contributed by atoms with Crippen LogP contribution in [0.3, 0.4) is 0 Å². The van der Waals surface area contributed by atoms with Crippen molar-refractivity contribution in [1.82, 2.24) is 4.98 Å². The molecule has 1 N–H and O–H groups in total. The van der Waals surface area contributed by atoms with Gasteiger partial charge in [-0.15, -0.1) is 0 Å². The minimum Gasteiger partial charge on any atom is -0.264 e. The second-order valence-corrected chi connectivity index (χ2v) is 11.0. The molecule has 2 fully saturated rings. The highest BCUT2D eigenvalue weighted by Gasteiger charge is 2.57. The van der Waals surface area contributed by atoms with Gasteiger partial charge in [0.2, 0.25) is 0 Å². The first-order chi connectivity index (χ1) is 15.8. The number of rotatable bonds is 3. The van der Waals surface area contributed by atoms with E-state index in [2.05, 4.69) is 31.0 Å². The Hall–Kier alpha value is -1.50. The highest BCUT2D eigenvalue weighted by molar-refractivity contribution is 7.80. The molecule has 5 rings (SSSR count). The number of aromatic nitrogens is 1. The normalized spacial score (nSPS) is 42.5. The molecule has 1 aromatic rings. The van der Waals surface area contributed by atoms with E-state index in [-0.39, 0.29) is 35.3 Å². The van der Waals surface area contributed by atoms with Crippen molar-refractivity contribution in [3.63, 3.8) is 0 Å². The van der Waals surface area contributed by atoms with Crippen molar-refractivity contribution in [2.24, 2.45) is 28.6 Å². The highest BCUT2D eigenvalue weighted by atomic mass is 32.3. The molecule has 4 aliphatic carbocycles. The van der Waals surface area contributed by atoms with E-state index < -0.39 is 16.5 Å². The van der Waals surface area contributed by atoms with Gasteiger partial charge in [0.25, 0.3) is 0 Å². The molecule has 0 unspecified atom stereocenters. The Labute approximate surface area is 185 Å². The van der Waals surface area contributed by atoms with Gasteiger partial charge in [-0.2, -0.15) is 8.42 Å². The first-order valence-corrected chi connectivity index (χ1v) is 12.2. The second kappa shape index (κ2) is 7.01. The van der Waals surface area contributed by atoms with Crippen LogP contribution in [-0.2, 0) is 14.6 Å². The summed E-state index contributed by atoms with van der Waals surface area (Å²) in [5.41, 5.74) is 2.34. The standard InChI is InChI=1S/C24H31NO4S/c1-23-11-9-18(29-30(26,27)28)14-17(23)5-6-19-21-8-7-20(16-4-3-13-25-15-16)24(21,2)12-10-22(19)23/h3-5,7,13,15,18-19,21-22H,6,8-12,14H2,1-2H3,(H,26,27,28)/t18-,19-,21-,22-,23-,24+/m0/s1/i3D,4D,13D,15D. The van der Waals surface area contributed by atoms with Crippen LogP contribution in [0.2, 0.25) is 0 Å². The third-order valence-electron chi connectivity index (χ3n) is 8.63. The Morgan fingerprint density at radius 2 is 1.97 bits per heavy atom. The third kappa shape index (κ3) is 3.19. The minimum absolute atomic E-state index is 0.0317. The van der Waals surface area contributed by atoms with Gasteiger partial charge in [-0.3, -0.25) is 9.54 Å². The predicted octanol–water partition coefficient (Wildman–Crippen LogP) is 5.23. The van der Waals surface area contributed by atoms with E-state index >= 15 is 0 Å². The molecule has 1 heterocycles. The van der Waals surface area contributed by atoms with Crippen molar-refractivity contribution in [3.8, 4) is 0 Å². The predicted molar refractivity (Wildman–Crippen MR) is 116 cm³/mol. The zero-order valence-corrected chi connectivity index (χ0v) is 18.3. The lowest BCUT2D eigenvalue weighted by Crippen LogP contribution is -2.50. The molecular weight excluding hydrogens is 398 g/mol. The largest absolute Gasteiger partial charge is 0.397 e. The smallest absolute Gasteiger partial charge is 0.264 e. The lowest BCUT2D eigenvalue weighted by molar-refractivity contribution is -0.0214. The minimum atomic E-state index is -4.46. The summed E-state index contributed by atoms with van der Waals surface area (Å²) in [6.07, 6.45) is 9.04. The molecule has 6 heteroatoms. The van der Waals surface area contributed by atoms with E-state index in [1.165, 1.54) is 5.57 Å². The van der Waals surface area contributed by atoms with E-state index in [1.54, 1.807) is 0 Å². The van der Waals surface area contributed by atoms with Crippen LogP contribution in [0.1, 0.15) is 69.8 Å². The van der Waals surface area contributed by atoms with Crippen molar-refractivity contribution in [1.29, 1.82) is 0 Å². The average Bonchev–Trinajstić information content (AvgIpc) is 3.08. The molecule has 162 valence electrons. The monoisotopic (exact) mass is 433 g/mol. The Morgan fingerprint density at radius 1 is 1.17 bits per heavy atom. The van der Waals surface area contributed by atoms with E-state index in [0.717, 1.165) is 37.7 Å². The zero-order chi connectivity index (χ0) is 24.6. The fourth-order valence-corrected chi connectivity index (χ4v) is 7.70. The molecule has 2 saturated carbocycles. The highest BCUT2D eigenvalue weighted by Crippen LogP contribution is 2.66. The lowest BCUT2D eigenvalue weighted by Gasteiger charge is -2.57. The molecule has 0 spiro atoms. The van der Waals surface area contributed by atoms with E-state index in [9.17, 15) is 8.42 Å². The Balaban J connectivity index is 1.44. The summed E-state index contributed by atoms with van der Waals surface area (Å²) in [4.78, 5) is 3.93. The van der Waals surface area contributed by atoms with Crippen LogP contribution in [0.15, 0.2) is 42.2 Å². The van der Waals surface area contributed by atoms with Crippen molar-refractivity contribution >= 4 is 16.0 Å². The lowest BCUT2D eigenvalue weighted by atomic mass is 9.47. The number of hydrogen-bond donors (Lipinski definition) is 1. The van der Waals surface area contributed by atoms with E-state index in [4.69, 9.17) is 14.2 Å². The van der Waals surface area contributed by atoms with Crippen LogP contribution < -0.4 is 0 Å². The van der Waals surface area contributed by atoms with Gasteiger partial charge in [-0.05, 0) is 90.7 Å². The van der Waals surface area contributed by atoms with Crippen molar-refractivity contribution in [2.45, 2.75) is 64.9 Å². The van der Waals surface area contributed by atoms with Crippen molar-refractivity contribution in [2.75, 3.05) is 0 Å². The number of nitrogens with zero attached hydrogens (tertiary/aromatic N) is 1. The molecule has 30 heavy (non-hydrogen) atoms. The zero-order valence-electron chi connectivity index (χ0n) is 21.4. The second-order valence-electron chi connectivity index (χ2n) is 9.92. The maximum absolute atomic E-state index is 11.2. The van der Waals surface area contributed by atoms with Crippen LogP contribution in [0.4, 0.5) is 0 Å². The molecule has 1 aromatic heterocycles. The van der Waals surface area contributed by atoms with Gasteiger partial charge in [0.15, 0.2) is 0 Å². The number of allylic oxidation sites excluding steroid dienone is 3. The molecular formula is C24H31NO4S. The SMILES string of the molecule is [2H]c1nc([2H])c(C2=CC[C@H]3[C@@H]4CC=C5C[C@@H](OS(=O)(=O)O)CC[C@]5(C)[C@H]4CC[C@]23C)c([2H])c1[2H]. The first kappa shape index (κ1) is 16.2. The van der Waals surface area contributed by atoms with Crippen LogP contribution in [-0.4, -0.2) is 24.1 Å². The molecule has 0 saturated heterocycles. The summed E-state index contributed by atoms with van der Waals surface area (Å²) in [6, 6.07) is -0.301. The van der Waals surface area contributed by atoms with Gasteiger partial charge in [0, 0.05) is 12.3 Å². The molecule has 0 amide bonds. The van der Waals surface area contributed by atoms with E-state index in [1.807, 2.05) is 0 Å². The topological polar surface area (TPSA) is 76.5 Å². The van der Waals surface area contributed by atoms with Crippen LogP contribution >= 0.6 is 0 Å². The maximum atomic E-state index is 11.2. The summed E-state index contributed by atoms with van der Waals surface area (Å²) >= 11 is 0. The Kier molecular flexibility index (Phi) is 3.78. The number of hydrogen-bond acceptors (Lipinski definition) is 4. The molecule has 5 nitrogen and oxygen atoms in total. The van der Waals surface area contributed by atoms with Gasteiger partial charge < -0.3 is 0 Å². The van der Waals surface area contributed by atoms with Crippen molar-refractivity contribution < 1.29 is 22.6 Å². The average molecular weight is 434 g/mol.